The molecule has 1 aliphatic carbocycles. The molecule has 28 heavy (non-hydrogen) atoms. The summed E-state index contributed by atoms with van der Waals surface area (Å²) < 4.78 is 5.49. The van der Waals surface area contributed by atoms with E-state index in [2.05, 4.69) is 12.1 Å². The average Bonchev–Trinajstić information content (AvgIpc) is 3.09. The summed E-state index contributed by atoms with van der Waals surface area (Å²) in [7, 11) is 1.59. The van der Waals surface area contributed by atoms with Gasteiger partial charge < -0.3 is 9.84 Å². The second-order valence-corrected chi connectivity index (χ2v) is 7.18. The van der Waals surface area contributed by atoms with Gasteiger partial charge >= 0.3 is 5.97 Å². The predicted molar refractivity (Wildman–Crippen MR) is 113 cm³/mol. The van der Waals surface area contributed by atoms with E-state index < -0.39 is 5.97 Å². The van der Waals surface area contributed by atoms with Crippen LogP contribution in [0.25, 0.3) is 33.2 Å². The van der Waals surface area contributed by atoms with Crippen molar-refractivity contribution < 1.29 is 14.6 Å². The Morgan fingerprint density at radius 1 is 0.893 bits per heavy atom. The van der Waals surface area contributed by atoms with Gasteiger partial charge in [0.2, 0.25) is 0 Å². The molecule has 4 heteroatoms. The molecule has 0 atom stereocenters. The van der Waals surface area contributed by atoms with Crippen LogP contribution in [-0.2, 0) is 0 Å². The van der Waals surface area contributed by atoms with Crippen LogP contribution in [0.3, 0.4) is 0 Å². The standard InChI is InChI=1S/C24H15ClO3/c1-28-21-11-9-15(23-17(21)6-3-7-18(23)24(26)27)19-12-13-4-2-5-16-20(25)10-8-14(19)22(13)16/h2-12H,1H3,(H,26,27). The molecule has 0 amide bonds. The normalized spacial score (nSPS) is 12.4. The minimum Gasteiger partial charge on any atom is -0.496 e. The molecule has 4 aromatic rings. The second-order valence-electron chi connectivity index (χ2n) is 6.77. The molecule has 1 aliphatic rings. The number of carboxylic acids is 1. The zero-order chi connectivity index (χ0) is 19.4. The number of rotatable bonds is 3. The van der Waals surface area contributed by atoms with Crippen LogP contribution in [-0.4, -0.2) is 18.2 Å². The molecular weight excluding hydrogens is 372 g/mol. The molecule has 4 aromatic carbocycles. The minimum absolute atomic E-state index is 0.258. The van der Waals surface area contributed by atoms with Gasteiger partial charge in [-0.2, -0.15) is 0 Å². The van der Waals surface area contributed by atoms with E-state index in [1.54, 1.807) is 19.2 Å². The predicted octanol–water partition coefficient (Wildman–Crippen LogP) is 6.26. The Morgan fingerprint density at radius 3 is 2.39 bits per heavy atom. The van der Waals surface area contributed by atoms with Crippen molar-refractivity contribution in [2.45, 2.75) is 0 Å². The van der Waals surface area contributed by atoms with Gasteiger partial charge in [0.15, 0.2) is 0 Å². The molecule has 0 spiro atoms. The van der Waals surface area contributed by atoms with Crippen LogP contribution in [0.4, 0.5) is 0 Å². The minimum atomic E-state index is -0.961. The summed E-state index contributed by atoms with van der Waals surface area (Å²) in [6.07, 6.45) is 2.11. The molecule has 136 valence electrons. The van der Waals surface area contributed by atoms with Crippen molar-refractivity contribution in [1.82, 2.24) is 0 Å². The second kappa shape index (κ2) is 6.11. The Hall–Kier alpha value is -3.30. The molecule has 0 aromatic heterocycles. The molecule has 0 radical (unpaired) electrons. The van der Waals surface area contributed by atoms with Gasteiger partial charge in [-0.3, -0.25) is 0 Å². The monoisotopic (exact) mass is 386 g/mol. The number of ether oxygens (including phenoxy) is 1. The van der Waals surface area contributed by atoms with Gasteiger partial charge in [-0.1, -0.05) is 54.1 Å². The van der Waals surface area contributed by atoms with E-state index in [0.29, 0.717) is 16.2 Å². The molecule has 0 aliphatic heterocycles. The summed E-state index contributed by atoms with van der Waals surface area (Å²) in [6.45, 7) is 0. The summed E-state index contributed by atoms with van der Waals surface area (Å²) in [6, 6.07) is 19.1. The summed E-state index contributed by atoms with van der Waals surface area (Å²) in [5.74, 6) is -0.309. The van der Waals surface area contributed by atoms with Crippen molar-refractivity contribution >= 4 is 50.8 Å². The number of hydrogen-bond acceptors (Lipinski definition) is 2. The van der Waals surface area contributed by atoms with E-state index >= 15 is 0 Å². The van der Waals surface area contributed by atoms with Crippen LogP contribution < -0.4 is 4.74 Å². The largest absolute Gasteiger partial charge is 0.496 e. The Kier molecular flexibility index (Phi) is 3.68. The molecule has 0 fully saturated rings. The van der Waals surface area contributed by atoms with E-state index in [1.807, 2.05) is 42.5 Å². The number of fused-ring (bicyclic) bond motifs is 1. The zero-order valence-electron chi connectivity index (χ0n) is 15.0. The van der Waals surface area contributed by atoms with Gasteiger partial charge in [0.1, 0.15) is 5.75 Å². The van der Waals surface area contributed by atoms with Crippen molar-refractivity contribution in [3.8, 4) is 5.75 Å². The first-order valence-electron chi connectivity index (χ1n) is 8.87. The van der Waals surface area contributed by atoms with E-state index in [9.17, 15) is 9.90 Å². The average molecular weight is 387 g/mol. The highest BCUT2D eigenvalue weighted by Crippen LogP contribution is 2.45. The molecular formula is C24H15ClO3. The van der Waals surface area contributed by atoms with Crippen LogP contribution in [0, 0.1) is 0 Å². The topological polar surface area (TPSA) is 46.5 Å². The summed E-state index contributed by atoms with van der Waals surface area (Å²) in [5.41, 5.74) is 4.26. The Bertz CT molecular complexity index is 1340. The highest BCUT2D eigenvalue weighted by Gasteiger charge is 2.23. The van der Waals surface area contributed by atoms with Crippen LogP contribution in [0.5, 0.6) is 5.75 Å². The van der Waals surface area contributed by atoms with Crippen molar-refractivity contribution in [3.05, 3.63) is 87.9 Å². The first-order chi connectivity index (χ1) is 13.6. The number of carbonyl (C=O) groups is 1. The smallest absolute Gasteiger partial charge is 0.336 e. The lowest BCUT2D eigenvalue weighted by Crippen LogP contribution is -2.01. The third-order valence-corrected chi connectivity index (χ3v) is 5.68. The number of methoxy groups -OCH3 is 1. The van der Waals surface area contributed by atoms with Gasteiger partial charge in [0.25, 0.3) is 0 Å². The first-order valence-corrected chi connectivity index (χ1v) is 9.24. The van der Waals surface area contributed by atoms with Gasteiger partial charge in [-0.25, -0.2) is 4.79 Å². The molecule has 3 nitrogen and oxygen atoms in total. The molecule has 0 unspecified atom stereocenters. The maximum absolute atomic E-state index is 12.0. The highest BCUT2D eigenvalue weighted by molar-refractivity contribution is 6.36. The fourth-order valence-corrected chi connectivity index (χ4v) is 4.38. The van der Waals surface area contributed by atoms with E-state index in [1.165, 1.54) is 0 Å². The van der Waals surface area contributed by atoms with Crippen LogP contribution >= 0.6 is 11.6 Å². The van der Waals surface area contributed by atoms with Crippen LogP contribution in [0.15, 0.2) is 60.7 Å². The van der Waals surface area contributed by atoms with Crippen molar-refractivity contribution in [1.29, 1.82) is 0 Å². The van der Waals surface area contributed by atoms with Gasteiger partial charge in [0, 0.05) is 21.2 Å². The third kappa shape index (κ3) is 2.26. The molecule has 1 N–H and O–H groups in total. The number of carboxylic acid groups (broad SMARTS) is 1. The highest BCUT2D eigenvalue weighted by atomic mass is 35.5. The summed E-state index contributed by atoms with van der Waals surface area (Å²) in [4.78, 5) is 12.0. The fraction of sp³-hybridized carbons (Fsp3) is 0.0417. The fourth-order valence-electron chi connectivity index (χ4n) is 4.16. The quantitative estimate of drug-likeness (QED) is 0.398. The molecule has 5 rings (SSSR count). The SMILES string of the molecule is COc1ccc(C2=Cc3cccc4c(Cl)ccc2c34)c2c(C(=O)O)cccc12. The summed E-state index contributed by atoms with van der Waals surface area (Å²) >= 11 is 6.41. The van der Waals surface area contributed by atoms with Gasteiger partial charge in [0.05, 0.1) is 12.7 Å². The Balaban J connectivity index is 1.88. The van der Waals surface area contributed by atoms with Crippen molar-refractivity contribution in [3.63, 3.8) is 0 Å². The molecule has 0 saturated carbocycles. The first kappa shape index (κ1) is 16.8. The lowest BCUT2D eigenvalue weighted by molar-refractivity contribution is 0.0699. The molecule has 0 bridgehead atoms. The molecule has 0 saturated heterocycles. The summed E-state index contributed by atoms with van der Waals surface area (Å²) in [5, 5.41) is 14.1. The maximum Gasteiger partial charge on any atom is 0.336 e. The Labute approximate surface area is 166 Å². The number of hydrogen-bond donors (Lipinski definition) is 1. The van der Waals surface area contributed by atoms with Gasteiger partial charge in [-0.05, 0) is 51.9 Å². The van der Waals surface area contributed by atoms with Crippen LogP contribution in [0.2, 0.25) is 5.02 Å². The van der Waals surface area contributed by atoms with E-state index in [0.717, 1.165) is 38.4 Å². The zero-order valence-corrected chi connectivity index (χ0v) is 15.7. The lowest BCUT2D eigenvalue weighted by atomic mass is 9.91. The number of halogens is 1. The van der Waals surface area contributed by atoms with Crippen molar-refractivity contribution in [2.75, 3.05) is 7.11 Å². The maximum atomic E-state index is 12.0. The molecule has 0 heterocycles. The van der Waals surface area contributed by atoms with Crippen LogP contribution in [0.1, 0.15) is 27.0 Å². The van der Waals surface area contributed by atoms with Gasteiger partial charge in [-0.15, -0.1) is 0 Å². The van der Waals surface area contributed by atoms with E-state index in [-0.39, 0.29) is 5.56 Å². The lowest BCUT2D eigenvalue weighted by Gasteiger charge is -2.15. The third-order valence-electron chi connectivity index (χ3n) is 5.35. The Morgan fingerprint density at radius 2 is 1.61 bits per heavy atom. The number of aromatic carboxylic acids is 1. The number of benzene rings is 4. The van der Waals surface area contributed by atoms with Crippen molar-refractivity contribution in [2.24, 2.45) is 0 Å². The van der Waals surface area contributed by atoms with E-state index in [4.69, 9.17) is 16.3 Å².